The number of methoxy groups -OCH3 is 3. The van der Waals surface area contributed by atoms with Crippen LogP contribution in [0.3, 0.4) is 0 Å². The average molecular weight is 495 g/mol. The van der Waals surface area contributed by atoms with Crippen LogP contribution in [0.4, 0.5) is 10.7 Å². The van der Waals surface area contributed by atoms with Gasteiger partial charge in [0.2, 0.25) is 0 Å². The van der Waals surface area contributed by atoms with Crippen LogP contribution in [-0.2, 0) is 24.1 Å². The largest absolute Gasteiger partial charge is 0.493 e. The molecular formula is C27H30N2O5S. The van der Waals surface area contributed by atoms with Crippen molar-refractivity contribution in [2.24, 2.45) is 5.92 Å². The first-order valence-corrected chi connectivity index (χ1v) is 12.3. The predicted octanol–water partition coefficient (Wildman–Crippen LogP) is 5.54. The number of ether oxygens (including phenoxy) is 3. The van der Waals surface area contributed by atoms with E-state index in [2.05, 4.69) is 17.6 Å². The van der Waals surface area contributed by atoms with E-state index in [1.54, 1.807) is 49.8 Å². The lowest BCUT2D eigenvalue weighted by atomic mass is 9.88. The topological polar surface area (TPSA) is 85.9 Å². The molecule has 0 bridgehead atoms. The maximum atomic E-state index is 13.4. The van der Waals surface area contributed by atoms with E-state index in [0.29, 0.717) is 40.8 Å². The van der Waals surface area contributed by atoms with Gasteiger partial charge >= 0.3 is 5.97 Å². The quantitative estimate of drug-likeness (QED) is 0.400. The van der Waals surface area contributed by atoms with Crippen LogP contribution in [0.25, 0.3) is 0 Å². The molecule has 0 saturated carbocycles. The van der Waals surface area contributed by atoms with Crippen molar-refractivity contribution >= 4 is 33.9 Å². The van der Waals surface area contributed by atoms with Crippen LogP contribution in [0.5, 0.6) is 11.5 Å². The van der Waals surface area contributed by atoms with Crippen molar-refractivity contribution in [3.8, 4) is 11.5 Å². The van der Waals surface area contributed by atoms with Gasteiger partial charge in [0.25, 0.3) is 5.91 Å². The molecule has 0 unspecified atom stereocenters. The summed E-state index contributed by atoms with van der Waals surface area (Å²) in [5.74, 6) is 1.37. The minimum atomic E-state index is -0.412. The summed E-state index contributed by atoms with van der Waals surface area (Å²) in [4.78, 5) is 26.4. The van der Waals surface area contributed by atoms with Crippen LogP contribution in [0, 0.1) is 5.92 Å². The van der Waals surface area contributed by atoms with Gasteiger partial charge in [0.05, 0.1) is 32.5 Å². The molecule has 2 aromatic carbocycles. The minimum Gasteiger partial charge on any atom is -0.493 e. The maximum absolute atomic E-state index is 13.4. The van der Waals surface area contributed by atoms with Gasteiger partial charge in [0, 0.05) is 17.1 Å². The number of hydrogen-bond donors (Lipinski definition) is 2. The van der Waals surface area contributed by atoms with Crippen LogP contribution >= 0.6 is 11.3 Å². The van der Waals surface area contributed by atoms with Crippen LogP contribution in [0.15, 0.2) is 42.5 Å². The summed E-state index contributed by atoms with van der Waals surface area (Å²) in [5, 5.41) is 7.35. The Morgan fingerprint density at radius 2 is 1.77 bits per heavy atom. The highest BCUT2D eigenvalue weighted by Crippen LogP contribution is 2.40. The Kier molecular flexibility index (Phi) is 7.60. The Morgan fingerprint density at radius 3 is 2.46 bits per heavy atom. The van der Waals surface area contributed by atoms with Gasteiger partial charge in [0.15, 0.2) is 11.5 Å². The number of hydrogen-bond acceptors (Lipinski definition) is 7. The molecule has 7 nitrogen and oxygen atoms in total. The molecule has 8 heteroatoms. The number of rotatable bonds is 8. The summed E-state index contributed by atoms with van der Waals surface area (Å²) >= 11 is 1.66. The minimum absolute atomic E-state index is 0.155. The second kappa shape index (κ2) is 10.8. The third kappa shape index (κ3) is 5.43. The fourth-order valence-electron chi connectivity index (χ4n) is 4.29. The molecule has 1 amide bonds. The standard InChI is InChI=1S/C27H30N2O5S/c1-16-5-11-20-23(13-16)35-26(28-15-17-6-12-21(32-2)22(14-17)33-3)24(20)25(30)29-19-9-7-18(8-10-19)27(31)34-4/h6-10,12,14,16,28H,5,11,13,15H2,1-4H3,(H,29,30)/t16-/m0/s1. The number of esters is 1. The van der Waals surface area contributed by atoms with E-state index < -0.39 is 5.97 Å². The van der Waals surface area contributed by atoms with Crippen molar-refractivity contribution in [3.63, 3.8) is 0 Å². The number of nitrogens with one attached hydrogen (secondary N) is 2. The monoisotopic (exact) mass is 494 g/mol. The summed E-state index contributed by atoms with van der Waals surface area (Å²) < 4.78 is 15.5. The van der Waals surface area contributed by atoms with Crippen LogP contribution in [-0.4, -0.2) is 33.2 Å². The molecule has 0 fully saturated rings. The zero-order chi connectivity index (χ0) is 24.9. The van der Waals surface area contributed by atoms with E-state index in [1.807, 2.05) is 18.2 Å². The Hall–Kier alpha value is -3.52. The van der Waals surface area contributed by atoms with Crippen LogP contribution in [0.2, 0.25) is 0 Å². The van der Waals surface area contributed by atoms with Crippen LogP contribution < -0.4 is 20.1 Å². The zero-order valence-electron chi connectivity index (χ0n) is 20.4. The molecule has 35 heavy (non-hydrogen) atoms. The lowest BCUT2D eigenvalue weighted by molar-refractivity contribution is 0.0600. The van der Waals surface area contributed by atoms with Crippen molar-refractivity contribution in [2.75, 3.05) is 32.0 Å². The molecule has 1 aromatic heterocycles. The molecule has 4 rings (SSSR count). The fraction of sp³-hybridized carbons (Fsp3) is 0.333. The number of anilines is 2. The van der Waals surface area contributed by atoms with Crippen molar-refractivity contribution in [1.82, 2.24) is 0 Å². The highest BCUT2D eigenvalue weighted by molar-refractivity contribution is 7.16. The molecule has 1 aliphatic rings. The molecule has 1 aliphatic carbocycles. The van der Waals surface area contributed by atoms with Crippen molar-refractivity contribution < 1.29 is 23.8 Å². The molecule has 0 aliphatic heterocycles. The summed E-state index contributed by atoms with van der Waals surface area (Å²) in [5.41, 5.74) is 3.91. The summed E-state index contributed by atoms with van der Waals surface area (Å²) in [6.45, 7) is 2.80. The summed E-state index contributed by atoms with van der Waals surface area (Å²) in [7, 11) is 4.57. The van der Waals surface area contributed by atoms with Crippen LogP contribution in [0.1, 0.15) is 50.1 Å². The van der Waals surface area contributed by atoms with Gasteiger partial charge in [-0.3, -0.25) is 4.79 Å². The van der Waals surface area contributed by atoms with Crippen molar-refractivity contribution in [1.29, 1.82) is 0 Å². The van der Waals surface area contributed by atoms with E-state index in [-0.39, 0.29) is 5.91 Å². The molecule has 1 heterocycles. The first kappa shape index (κ1) is 24.6. The molecule has 3 aromatic rings. The third-order valence-corrected chi connectivity index (χ3v) is 7.42. The number of amides is 1. The molecule has 0 saturated heterocycles. The van der Waals surface area contributed by atoms with Gasteiger partial charge in [-0.25, -0.2) is 4.79 Å². The molecule has 184 valence electrons. The van der Waals surface area contributed by atoms with E-state index >= 15 is 0 Å². The lowest BCUT2D eigenvalue weighted by Gasteiger charge is -2.18. The summed E-state index contributed by atoms with van der Waals surface area (Å²) in [6.07, 6.45) is 2.92. The fourth-order valence-corrected chi connectivity index (χ4v) is 5.69. The van der Waals surface area contributed by atoms with E-state index in [0.717, 1.165) is 35.4 Å². The van der Waals surface area contributed by atoms with Gasteiger partial charge in [-0.2, -0.15) is 0 Å². The van der Waals surface area contributed by atoms with Gasteiger partial charge in [0.1, 0.15) is 5.00 Å². The average Bonchev–Trinajstić information content (AvgIpc) is 3.24. The van der Waals surface area contributed by atoms with Gasteiger partial charge in [-0.1, -0.05) is 13.0 Å². The number of thiophene rings is 1. The van der Waals surface area contributed by atoms with Crippen molar-refractivity contribution in [3.05, 3.63) is 69.6 Å². The molecule has 2 N–H and O–H groups in total. The Morgan fingerprint density at radius 1 is 1.03 bits per heavy atom. The maximum Gasteiger partial charge on any atom is 0.337 e. The number of fused-ring (bicyclic) bond motifs is 1. The highest BCUT2D eigenvalue weighted by atomic mass is 32.1. The second-order valence-corrected chi connectivity index (χ2v) is 9.73. The lowest BCUT2D eigenvalue weighted by Crippen LogP contribution is -2.18. The first-order chi connectivity index (χ1) is 16.9. The molecule has 1 atom stereocenters. The Bertz CT molecular complexity index is 1220. The van der Waals surface area contributed by atoms with E-state index in [4.69, 9.17) is 14.2 Å². The number of carbonyl (C=O) groups is 2. The van der Waals surface area contributed by atoms with E-state index in [1.165, 1.54) is 12.0 Å². The molecule has 0 radical (unpaired) electrons. The number of carbonyl (C=O) groups excluding carboxylic acids is 2. The Balaban J connectivity index is 1.57. The summed E-state index contributed by atoms with van der Waals surface area (Å²) in [6, 6.07) is 12.5. The SMILES string of the molecule is COC(=O)c1ccc(NC(=O)c2c(NCc3ccc(OC)c(OC)c3)sc3c2CC[C@H](C)C3)cc1. The predicted molar refractivity (Wildman–Crippen MR) is 138 cm³/mol. The number of benzene rings is 2. The van der Waals surface area contributed by atoms with Gasteiger partial charge in [-0.15, -0.1) is 11.3 Å². The van der Waals surface area contributed by atoms with E-state index in [9.17, 15) is 9.59 Å². The zero-order valence-corrected chi connectivity index (χ0v) is 21.2. The Labute approximate surface area is 209 Å². The van der Waals surface area contributed by atoms with Crippen molar-refractivity contribution in [2.45, 2.75) is 32.7 Å². The van der Waals surface area contributed by atoms with Gasteiger partial charge < -0.3 is 24.8 Å². The van der Waals surface area contributed by atoms with Gasteiger partial charge in [-0.05, 0) is 72.7 Å². The molecular weight excluding hydrogens is 464 g/mol. The normalized spacial score (nSPS) is 14.6. The smallest absolute Gasteiger partial charge is 0.337 e. The second-order valence-electron chi connectivity index (χ2n) is 8.62. The first-order valence-electron chi connectivity index (χ1n) is 11.5. The third-order valence-electron chi connectivity index (χ3n) is 6.20. The molecule has 0 spiro atoms. The highest BCUT2D eigenvalue weighted by Gasteiger charge is 2.27.